The zero-order chi connectivity index (χ0) is 12.6. The second kappa shape index (κ2) is 4.40. The second-order valence-electron chi connectivity index (χ2n) is 4.84. The number of nitrogens with zero attached hydrogens (tertiary/aromatic N) is 1. The molecule has 0 saturated carbocycles. The standard InChI is InChI=1S/C14H20N2O/c1-4-11-5-6-14(17)16(11)12-7-9(2)10(3)13(15)8-12/h7-8,11H,4-6,15H2,1-3H3. The zero-order valence-corrected chi connectivity index (χ0v) is 10.8. The Hall–Kier alpha value is -1.51. The summed E-state index contributed by atoms with van der Waals surface area (Å²) in [7, 11) is 0. The van der Waals surface area contributed by atoms with E-state index in [1.165, 1.54) is 0 Å². The highest BCUT2D eigenvalue weighted by Crippen LogP contribution is 2.31. The van der Waals surface area contributed by atoms with Crippen molar-refractivity contribution in [2.45, 2.75) is 46.1 Å². The summed E-state index contributed by atoms with van der Waals surface area (Å²) in [5.74, 6) is 0.222. The van der Waals surface area contributed by atoms with Gasteiger partial charge in [0.15, 0.2) is 0 Å². The number of rotatable bonds is 2. The van der Waals surface area contributed by atoms with E-state index in [4.69, 9.17) is 5.73 Å². The summed E-state index contributed by atoms with van der Waals surface area (Å²) in [5, 5.41) is 0. The van der Waals surface area contributed by atoms with Gasteiger partial charge in [-0.2, -0.15) is 0 Å². The molecule has 92 valence electrons. The highest BCUT2D eigenvalue weighted by Gasteiger charge is 2.31. The molecule has 1 aromatic carbocycles. The smallest absolute Gasteiger partial charge is 0.227 e. The monoisotopic (exact) mass is 232 g/mol. The highest BCUT2D eigenvalue weighted by molar-refractivity contribution is 5.96. The van der Waals surface area contributed by atoms with Crippen LogP contribution in [-0.4, -0.2) is 11.9 Å². The summed E-state index contributed by atoms with van der Waals surface area (Å²) in [5.41, 5.74) is 9.97. The van der Waals surface area contributed by atoms with Crippen LogP contribution in [0.3, 0.4) is 0 Å². The topological polar surface area (TPSA) is 46.3 Å². The molecule has 0 aromatic heterocycles. The van der Waals surface area contributed by atoms with Crippen molar-refractivity contribution < 1.29 is 4.79 Å². The average molecular weight is 232 g/mol. The number of anilines is 2. The molecule has 2 rings (SSSR count). The zero-order valence-electron chi connectivity index (χ0n) is 10.8. The molecule has 1 unspecified atom stereocenters. The average Bonchev–Trinajstić information content (AvgIpc) is 2.66. The van der Waals surface area contributed by atoms with Crippen LogP contribution in [0.1, 0.15) is 37.3 Å². The van der Waals surface area contributed by atoms with Crippen molar-refractivity contribution in [2.24, 2.45) is 0 Å². The number of nitrogens with two attached hydrogens (primary N) is 1. The van der Waals surface area contributed by atoms with Crippen LogP contribution in [0.25, 0.3) is 0 Å². The molecule has 1 atom stereocenters. The molecule has 0 spiro atoms. The fraction of sp³-hybridized carbons (Fsp3) is 0.500. The van der Waals surface area contributed by atoms with Crippen molar-refractivity contribution in [3.8, 4) is 0 Å². The fourth-order valence-corrected chi connectivity index (χ4v) is 2.49. The quantitative estimate of drug-likeness (QED) is 0.797. The number of nitrogen functional groups attached to an aromatic ring is 1. The molecule has 1 amide bonds. The number of hydrogen-bond donors (Lipinski definition) is 1. The third kappa shape index (κ3) is 2.02. The first kappa shape index (κ1) is 12.0. The molecule has 3 heteroatoms. The van der Waals surface area contributed by atoms with Crippen molar-refractivity contribution in [3.63, 3.8) is 0 Å². The molecule has 2 N–H and O–H groups in total. The van der Waals surface area contributed by atoms with E-state index in [9.17, 15) is 4.79 Å². The lowest BCUT2D eigenvalue weighted by Crippen LogP contribution is -2.32. The van der Waals surface area contributed by atoms with Gasteiger partial charge in [0.05, 0.1) is 0 Å². The van der Waals surface area contributed by atoms with Crippen LogP contribution in [0.15, 0.2) is 12.1 Å². The van der Waals surface area contributed by atoms with Gasteiger partial charge in [0.1, 0.15) is 0 Å². The van der Waals surface area contributed by atoms with Gasteiger partial charge >= 0.3 is 0 Å². The Morgan fingerprint density at radius 1 is 1.41 bits per heavy atom. The lowest BCUT2D eigenvalue weighted by Gasteiger charge is -2.25. The maximum Gasteiger partial charge on any atom is 0.227 e. The Labute approximate surface area is 103 Å². The molecule has 0 bridgehead atoms. The van der Waals surface area contributed by atoms with Gasteiger partial charge in [0, 0.05) is 23.8 Å². The molecular weight excluding hydrogens is 212 g/mol. The summed E-state index contributed by atoms with van der Waals surface area (Å²) < 4.78 is 0. The van der Waals surface area contributed by atoms with E-state index in [-0.39, 0.29) is 5.91 Å². The van der Waals surface area contributed by atoms with Crippen LogP contribution >= 0.6 is 0 Å². The Morgan fingerprint density at radius 3 is 2.71 bits per heavy atom. The van der Waals surface area contributed by atoms with Gasteiger partial charge in [-0.05, 0) is 49.9 Å². The summed E-state index contributed by atoms with van der Waals surface area (Å²) in [6.45, 7) is 6.18. The van der Waals surface area contributed by atoms with Crippen LogP contribution < -0.4 is 10.6 Å². The minimum Gasteiger partial charge on any atom is -0.398 e. The molecule has 1 heterocycles. The lowest BCUT2D eigenvalue weighted by atomic mass is 10.1. The van der Waals surface area contributed by atoms with Crippen molar-refractivity contribution >= 4 is 17.3 Å². The van der Waals surface area contributed by atoms with Crippen molar-refractivity contribution in [1.82, 2.24) is 0 Å². The van der Waals surface area contributed by atoms with Gasteiger partial charge in [-0.1, -0.05) is 6.92 Å². The summed E-state index contributed by atoms with van der Waals surface area (Å²) in [4.78, 5) is 13.9. The van der Waals surface area contributed by atoms with Crippen LogP contribution in [0, 0.1) is 13.8 Å². The number of carbonyl (C=O) groups excluding carboxylic acids is 1. The predicted molar refractivity (Wildman–Crippen MR) is 71.1 cm³/mol. The van der Waals surface area contributed by atoms with Crippen molar-refractivity contribution in [1.29, 1.82) is 0 Å². The van der Waals surface area contributed by atoms with E-state index >= 15 is 0 Å². The molecule has 17 heavy (non-hydrogen) atoms. The van der Waals surface area contributed by atoms with Gasteiger partial charge in [-0.25, -0.2) is 0 Å². The largest absolute Gasteiger partial charge is 0.398 e. The van der Waals surface area contributed by atoms with E-state index in [1.807, 2.05) is 24.8 Å². The molecule has 1 aromatic rings. The van der Waals surface area contributed by atoms with Crippen molar-refractivity contribution in [2.75, 3.05) is 10.6 Å². The van der Waals surface area contributed by atoms with Gasteiger partial charge in [-0.15, -0.1) is 0 Å². The molecule has 3 nitrogen and oxygen atoms in total. The molecule has 0 aliphatic carbocycles. The minimum absolute atomic E-state index is 0.222. The first-order valence-electron chi connectivity index (χ1n) is 6.23. The van der Waals surface area contributed by atoms with E-state index in [0.717, 1.165) is 35.3 Å². The Kier molecular flexibility index (Phi) is 3.09. The predicted octanol–water partition coefficient (Wildman–Crippen LogP) is 2.79. The molecule has 1 aliphatic heterocycles. The number of carbonyl (C=O) groups is 1. The Balaban J connectivity index is 2.42. The van der Waals surface area contributed by atoms with E-state index in [1.54, 1.807) is 0 Å². The van der Waals surface area contributed by atoms with Gasteiger partial charge in [0.25, 0.3) is 0 Å². The first-order chi connectivity index (χ1) is 8.04. The third-order valence-electron chi connectivity index (χ3n) is 3.77. The van der Waals surface area contributed by atoms with E-state index in [0.29, 0.717) is 12.5 Å². The number of aryl methyl sites for hydroxylation is 1. The second-order valence-corrected chi connectivity index (χ2v) is 4.84. The minimum atomic E-state index is 0.222. The summed E-state index contributed by atoms with van der Waals surface area (Å²) in [6, 6.07) is 4.33. The summed E-state index contributed by atoms with van der Waals surface area (Å²) in [6.07, 6.45) is 2.62. The fourth-order valence-electron chi connectivity index (χ4n) is 2.49. The molecule has 1 fully saturated rings. The van der Waals surface area contributed by atoms with Gasteiger partial charge in [-0.3, -0.25) is 4.79 Å². The molecule has 1 saturated heterocycles. The van der Waals surface area contributed by atoms with Crippen LogP contribution in [0.2, 0.25) is 0 Å². The first-order valence-corrected chi connectivity index (χ1v) is 6.23. The number of amides is 1. The molecular formula is C14H20N2O. The van der Waals surface area contributed by atoms with E-state index < -0.39 is 0 Å². The molecule has 0 radical (unpaired) electrons. The number of benzene rings is 1. The number of hydrogen-bond acceptors (Lipinski definition) is 2. The SMILES string of the molecule is CCC1CCC(=O)N1c1cc(C)c(C)c(N)c1. The van der Waals surface area contributed by atoms with Crippen LogP contribution in [0.5, 0.6) is 0 Å². The summed E-state index contributed by atoms with van der Waals surface area (Å²) >= 11 is 0. The van der Waals surface area contributed by atoms with Gasteiger partial charge in [0.2, 0.25) is 5.91 Å². The van der Waals surface area contributed by atoms with Crippen LogP contribution in [0.4, 0.5) is 11.4 Å². The van der Waals surface area contributed by atoms with Crippen LogP contribution in [-0.2, 0) is 4.79 Å². The highest BCUT2D eigenvalue weighted by atomic mass is 16.2. The third-order valence-corrected chi connectivity index (χ3v) is 3.77. The normalized spacial score (nSPS) is 20.1. The van der Waals surface area contributed by atoms with Gasteiger partial charge < -0.3 is 10.6 Å². The van der Waals surface area contributed by atoms with E-state index in [2.05, 4.69) is 13.0 Å². The van der Waals surface area contributed by atoms with Crippen molar-refractivity contribution in [3.05, 3.63) is 23.3 Å². The Bertz CT molecular complexity index is 431. The lowest BCUT2D eigenvalue weighted by molar-refractivity contribution is -0.117. The maximum atomic E-state index is 11.9. The molecule has 1 aliphatic rings. The Morgan fingerprint density at radius 2 is 2.12 bits per heavy atom. The maximum absolute atomic E-state index is 11.9.